The average Bonchev–Trinajstić information content (AvgIpc) is 2.89. The molecule has 1 unspecified atom stereocenters. The lowest BCUT2D eigenvalue weighted by molar-refractivity contribution is 0.530. The Morgan fingerprint density at radius 3 is 2.72 bits per heavy atom. The van der Waals surface area contributed by atoms with Crippen molar-refractivity contribution in [2.45, 2.75) is 19.1 Å². The van der Waals surface area contributed by atoms with Crippen molar-refractivity contribution in [3.05, 3.63) is 71.5 Å². The number of benzene rings is 1. The zero-order valence-electron chi connectivity index (χ0n) is 10.6. The quantitative estimate of drug-likeness (QED) is 0.730. The fourth-order valence-electron chi connectivity index (χ4n) is 1.77. The first-order valence-corrected chi connectivity index (χ1v) is 7.24. The lowest BCUT2D eigenvalue weighted by atomic mass is 10.0. The largest absolute Gasteiger partial charge is 0.468 e. The maximum atomic E-state index is 5.28. The Hall–Kier alpha value is -1.41. The summed E-state index contributed by atoms with van der Waals surface area (Å²) in [6.45, 7) is 2.25. The van der Waals surface area contributed by atoms with Crippen LogP contribution in [0.4, 0.5) is 0 Å². The topological polar surface area (TPSA) is 13.1 Å². The molecule has 2 heteroatoms. The van der Waals surface area contributed by atoms with Gasteiger partial charge in [0.15, 0.2) is 0 Å². The van der Waals surface area contributed by atoms with Crippen LogP contribution in [-0.2, 0) is 12.2 Å². The van der Waals surface area contributed by atoms with Gasteiger partial charge in [0, 0.05) is 0 Å². The van der Waals surface area contributed by atoms with Crippen LogP contribution in [0.1, 0.15) is 18.2 Å². The van der Waals surface area contributed by atoms with Crippen LogP contribution in [0.15, 0.2) is 64.6 Å². The summed E-state index contributed by atoms with van der Waals surface area (Å²) in [4.78, 5) is 0. The fourth-order valence-corrected chi connectivity index (χ4v) is 2.57. The highest BCUT2D eigenvalue weighted by Gasteiger charge is 1.99. The normalized spacial score (nSPS) is 12.9. The number of furan rings is 1. The van der Waals surface area contributed by atoms with Gasteiger partial charge in [-0.2, -0.15) is 0 Å². The second kappa shape index (κ2) is 7.12. The Bertz CT molecular complexity index is 459. The molecule has 1 aromatic carbocycles. The minimum Gasteiger partial charge on any atom is -0.468 e. The van der Waals surface area contributed by atoms with Gasteiger partial charge in [-0.05, 0) is 35.4 Å². The number of allylic oxidation sites excluding steroid dienone is 1. The standard InChI is InChI=1S/C16H18OS/c1-14(12-15-6-3-2-4-7-15)9-11-18-13-16-8-5-10-17-16/h2-11,14H,12-13H2,1H3/b11-9+. The van der Waals surface area contributed by atoms with Crippen LogP contribution in [0.3, 0.4) is 0 Å². The molecule has 94 valence electrons. The molecular formula is C16H18OS. The third kappa shape index (κ3) is 4.46. The molecule has 0 saturated carbocycles. The molecule has 18 heavy (non-hydrogen) atoms. The second-order valence-electron chi connectivity index (χ2n) is 4.39. The van der Waals surface area contributed by atoms with Crippen molar-refractivity contribution >= 4 is 11.8 Å². The van der Waals surface area contributed by atoms with Gasteiger partial charge in [0.05, 0.1) is 12.0 Å². The van der Waals surface area contributed by atoms with E-state index in [0.717, 1.165) is 17.9 Å². The zero-order valence-corrected chi connectivity index (χ0v) is 11.4. The summed E-state index contributed by atoms with van der Waals surface area (Å²) < 4.78 is 5.28. The minimum absolute atomic E-state index is 0.566. The maximum Gasteiger partial charge on any atom is 0.113 e. The molecule has 0 fully saturated rings. The molecule has 0 aliphatic rings. The summed E-state index contributed by atoms with van der Waals surface area (Å²) in [5.41, 5.74) is 1.39. The predicted octanol–water partition coefficient (Wildman–Crippen LogP) is 4.91. The van der Waals surface area contributed by atoms with E-state index in [4.69, 9.17) is 4.42 Å². The van der Waals surface area contributed by atoms with Gasteiger partial charge in [0.25, 0.3) is 0 Å². The molecule has 2 rings (SSSR count). The molecular weight excluding hydrogens is 240 g/mol. The Labute approximate surface area is 113 Å². The van der Waals surface area contributed by atoms with E-state index in [0.29, 0.717) is 5.92 Å². The first kappa shape index (κ1) is 13.0. The third-order valence-corrected chi connectivity index (χ3v) is 3.51. The van der Waals surface area contributed by atoms with Crippen molar-refractivity contribution in [3.63, 3.8) is 0 Å². The van der Waals surface area contributed by atoms with Crippen LogP contribution in [0, 0.1) is 5.92 Å². The van der Waals surface area contributed by atoms with Gasteiger partial charge in [-0.3, -0.25) is 0 Å². The first-order valence-electron chi connectivity index (χ1n) is 6.19. The van der Waals surface area contributed by atoms with E-state index in [1.165, 1.54) is 5.56 Å². The Morgan fingerprint density at radius 2 is 2.00 bits per heavy atom. The van der Waals surface area contributed by atoms with Gasteiger partial charge >= 0.3 is 0 Å². The minimum atomic E-state index is 0.566. The molecule has 1 atom stereocenters. The Morgan fingerprint density at radius 1 is 1.17 bits per heavy atom. The summed E-state index contributed by atoms with van der Waals surface area (Å²) in [6, 6.07) is 14.5. The smallest absolute Gasteiger partial charge is 0.113 e. The highest BCUT2D eigenvalue weighted by Crippen LogP contribution is 2.16. The van der Waals surface area contributed by atoms with Crippen LogP contribution in [0.5, 0.6) is 0 Å². The number of thioether (sulfide) groups is 1. The van der Waals surface area contributed by atoms with Crippen LogP contribution in [0.2, 0.25) is 0 Å². The van der Waals surface area contributed by atoms with Crippen molar-refractivity contribution in [1.29, 1.82) is 0 Å². The second-order valence-corrected chi connectivity index (χ2v) is 5.28. The summed E-state index contributed by atoms with van der Waals surface area (Å²) in [5, 5.41) is 2.18. The van der Waals surface area contributed by atoms with Gasteiger partial charge in [-0.1, -0.05) is 43.3 Å². The predicted molar refractivity (Wildman–Crippen MR) is 78.5 cm³/mol. The van der Waals surface area contributed by atoms with E-state index < -0.39 is 0 Å². The zero-order chi connectivity index (χ0) is 12.6. The fraction of sp³-hybridized carbons (Fsp3) is 0.250. The Balaban J connectivity index is 1.72. The van der Waals surface area contributed by atoms with Crippen LogP contribution >= 0.6 is 11.8 Å². The molecule has 0 aliphatic carbocycles. The van der Waals surface area contributed by atoms with Crippen molar-refractivity contribution in [2.24, 2.45) is 5.92 Å². The number of hydrogen-bond donors (Lipinski definition) is 0. The number of hydrogen-bond acceptors (Lipinski definition) is 2. The molecule has 0 saturated heterocycles. The molecule has 1 aromatic heterocycles. The van der Waals surface area contributed by atoms with Gasteiger partial charge in [0.2, 0.25) is 0 Å². The third-order valence-electron chi connectivity index (χ3n) is 2.71. The van der Waals surface area contributed by atoms with Gasteiger partial charge in [-0.25, -0.2) is 0 Å². The monoisotopic (exact) mass is 258 g/mol. The highest BCUT2D eigenvalue weighted by atomic mass is 32.2. The van der Waals surface area contributed by atoms with Crippen LogP contribution in [0.25, 0.3) is 0 Å². The molecule has 0 amide bonds. The average molecular weight is 258 g/mol. The molecule has 0 bridgehead atoms. The molecule has 0 N–H and O–H groups in total. The highest BCUT2D eigenvalue weighted by molar-refractivity contribution is 8.01. The van der Waals surface area contributed by atoms with Crippen LogP contribution in [-0.4, -0.2) is 0 Å². The molecule has 2 aromatic rings. The van der Waals surface area contributed by atoms with Gasteiger partial charge < -0.3 is 4.42 Å². The van der Waals surface area contributed by atoms with Gasteiger partial charge in [-0.15, -0.1) is 11.8 Å². The van der Waals surface area contributed by atoms with Gasteiger partial charge in [0.1, 0.15) is 5.76 Å². The summed E-state index contributed by atoms with van der Waals surface area (Å²) in [6.07, 6.45) is 5.08. The van der Waals surface area contributed by atoms with E-state index in [1.807, 2.05) is 12.1 Å². The molecule has 1 heterocycles. The van der Waals surface area contributed by atoms with E-state index >= 15 is 0 Å². The van der Waals surface area contributed by atoms with Crippen molar-refractivity contribution in [3.8, 4) is 0 Å². The van der Waals surface area contributed by atoms with E-state index in [-0.39, 0.29) is 0 Å². The summed E-state index contributed by atoms with van der Waals surface area (Å²) in [7, 11) is 0. The molecule has 1 nitrogen and oxygen atoms in total. The van der Waals surface area contributed by atoms with Crippen molar-refractivity contribution in [2.75, 3.05) is 0 Å². The molecule has 0 spiro atoms. The summed E-state index contributed by atoms with van der Waals surface area (Å²) in [5.74, 6) is 2.50. The Kier molecular flexibility index (Phi) is 5.15. The van der Waals surface area contributed by atoms with Crippen molar-refractivity contribution < 1.29 is 4.42 Å². The van der Waals surface area contributed by atoms with E-state index in [2.05, 4.69) is 48.7 Å². The van der Waals surface area contributed by atoms with E-state index in [1.54, 1.807) is 18.0 Å². The lowest BCUT2D eigenvalue weighted by Crippen LogP contribution is -1.94. The van der Waals surface area contributed by atoms with Crippen molar-refractivity contribution in [1.82, 2.24) is 0 Å². The SMILES string of the molecule is CC(/C=C/SCc1ccco1)Cc1ccccc1. The maximum absolute atomic E-state index is 5.28. The summed E-state index contributed by atoms with van der Waals surface area (Å²) >= 11 is 1.78. The van der Waals surface area contributed by atoms with Crippen LogP contribution < -0.4 is 0 Å². The molecule has 0 aliphatic heterocycles. The lowest BCUT2D eigenvalue weighted by Gasteiger charge is -2.05. The molecule has 0 radical (unpaired) electrons. The first-order chi connectivity index (χ1) is 8.84. The van der Waals surface area contributed by atoms with E-state index in [9.17, 15) is 0 Å². The number of rotatable bonds is 6.